The molecule has 0 aromatic carbocycles. The van der Waals surface area contributed by atoms with Crippen molar-refractivity contribution >= 4 is 17.6 Å². The molecule has 0 bridgehead atoms. The first-order chi connectivity index (χ1) is 13.0. The number of rotatable bonds is 11. The predicted octanol–water partition coefficient (Wildman–Crippen LogP) is 3.06. The van der Waals surface area contributed by atoms with Gasteiger partial charge < -0.3 is 19.6 Å². The van der Waals surface area contributed by atoms with Crippen LogP contribution < -0.4 is 5.32 Å². The molecule has 1 aliphatic heterocycles. The van der Waals surface area contributed by atoms with Gasteiger partial charge in [0.15, 0.2) is 5.82 Å². The van der Waals surface area contributed by atoms with E-state index in [1.165, 1.54) is 12.8 Å². The number of carbonyl (C=O) groups excluding carboxylic acids is 2. The third kappa shape index (κ3) is 6.97. The van der Waals surface area contributed by atoms with Crippen LogP contribution >= 0.6 is 0 Å². The molecule has 2 amide bonds. The van der Waals surface area contributed by atoms with Crippen LogP contribution in [0.2, 0.25) is 0 Å². The second kappa shape index (κ2) is 11.1. The number of aromatic nitrogens is 1. The van der Waals surface area contributed by atoms with E-state index in [2.05, 4.69) is 29.2 Å². The van der Waals surface area contributed by atoms with Gasteiger partial charge in [0.2, 0.25) is 11.8 Å². The number of unbranched alkanes of at least 4 members (excludes halogenated alkanes) is 1. The van der Waals surface area contributed by atoms with Gasteiger partial charge in [-0.25, -0.2) is 0 Å². The largest absolute Gasteiger partial charge is 0.360 e. The van der Waals surface area contributed by atoms with Crippen molar-refractivity contribution in [2.75, 3.05) is 38.0 Å². The lowest BCUT2D eigenvalue weighted by molar-refractivity contribution is -0.139. The van der Waals surface area contributed by atoms with Crippen LogP contribution in [0.25, 0.3) is 0 Å². The van der Waals surface area contributed by atoms with Gasteiger partial charge in [0.1, 0.15) is 5.76 Å². The first-order valence-corrected chi connectivity index (χ1v) is 10.3. The van der Waals surface area contributed by atoms with Crippen molar-refractivity contribution in [2.24, 2.45) is 5.92 Å². The minimum atomic E-state index is -0.233. The maximum absolute atomic E-state index is 13.1. The van der Waals surface area contributed by atoms with Crippen LogP contribution in [0.15, 0.2) is 10.6 Å². The van der Waals surface area contributed by atoms with Gasteiger partial charge in [-0.2, -0.15) is 0 Å². The topological polar surface area (TPSA) is 78.7 Å². The lowest BCUT2D eigenvalue weighted by Crippen LogP contribution is -2.44. The van der Waals surface area contributed by atoms with Crippen LogP contribution in [0, 0.1) is 12.8 Å². The van der Waals surface area contributed by atoms with Crippen LogP contribution in [0.4, 0.5) is 5.82 Å². The molecule has 27 heavy (non-hydrogen) atoms. The van der Waals surface area contributed by atoms with Crippen LogP contribution in [0.3, 0.4) is 0 Å². The molecule has 2 heterocycles. The summed E-state index contributed by atoms with van der Waals surface area (Å²) in [5, 5.41) is 6.51. The highest BCUT2D eigenvalue weighted by molar-refractivity contribution is 5.94. The molecule has 2 rings (SSSR count). The van der Waals surface area contributed by atoms with Crippen LogP contribution in [0.1, 0.15) is 58.1 Å². The highest BCUT2D eigenvalue weighted by atomic mass is 16.5. The molecule has 1 saturated heterocycles. The molecule has 0 saturated carbocycles. The van der Waals surface area contributed by atoms with Gasteiger partial charge in [-0.05, 0) is 45.7 Å². The molecule has 1 fully saturated rings. The summed E-state index contributed by atoms with van der Waals surface area (Å²) in [6.07, 6.45) is 6.24. The first-order valence-electron chi connectivity index (χ1n) is 10.3. The van der Waals surface area contributed by atoms with Gasteiger partial charge in [-0.1, -0.05) is 31.8 Å². The minimum Gasteiger partial charge on any atom is -0.360 e. The number of nitrogens with one attached hydrogen (secondary N) is 1. The van der Waals surface area contributed by atoms with E-state index in [0.717, 1.165) is 45.3 Å². The monoisotopic (exact) mass is 378 g/mol. The Morgan fingerprint density at radius 1 is 1.33 bits per heavy atom. The average Bonchev–Trinajstić information content (AvgIpc) is 3.30. The smallest absolute Gasteiger partial charge is 0.245 e. The normalized spacial score (nSPS) is 15.7. The van der Waals surface area contributed by atoms with Crippen molar-refractivity contribution in [1.29, 1.82) is 0 Å². The minimum absolute atomic E-state index is 0.00868. The zero-order valence-corrected chi connectivity index (χ0v) is 17.0. The molecular weight excluding hydrogens is 344 g/mol. The molecular formula is C20H34N4O3. The maximum Gasteiger partial charge on any atom is 0.245 e. The van der Waals surface area contributed by atoms with Gasteiger partial charge >= 0.3 is 0 Å². The van der Waals surface area contributed by atoms with E-state index >= 15 is 0 Å². The fourth-order valence-electron chi connectivity index (χ4n) is 3.53. The van der Waals surface area contributed by atoms with E-state index in [1.54, 1.807) is 17.9 Å². The highest BCUT2D eigenvalue weighted by Crippen LogP contribution is 2.17. The van der Waals surface area contributed by atoms with Crippen LogP contribution in [0.5, 0.6) is 0 Å². The zero-order valence-electron chi connectivity index (χ0n) is 17.0. The third-order valence-corrected chi connectivity index (χ3v) is 5.17. The molecule has 0 spiro atoms. The number of nitrogens with zero attached hydrogens (tertiary/aromatic N) is 3. The Morgan fingerprint density at radius 2 is 2.07 bits per heavy atom. The zero-order chi connectivity index (χ0) is 19.6. The highest BCUT2D eigenvalue weighted by Gasteiger charge is 2.25. The summed E-state index contributed by atoms with van der Waals surface area (Å²) in [6.45, 7) is 9.60. The molecule has 7 heteroatoms. The van der Waals surface area contributed by atoms with Crippen LogP contribution in [-0.4, -0.2) is 59.5 Å². The Hall–Kier alpha value is -1.89. The Kier molecular flexibility index (Phi) is 8.78. The number of carbonyl (C=O) groups is 2. The SMILES string of the molecule is CCCC[C@@H](CC)C(=O)N(CCN1CCCC1)CC(=O)Nc1cc(C)on1. The van der Waals surface area contributed by atoms with E-state index < -0.39 is 0 Å². The Labute approximate surface area is 162 Å². The van der Waals surface area contributed by atoms with Crippen molar-refractivity contribution in [3.8, 4) is 0 Å². The quantitative estimate of drug-likeness (QED) is 0.640. The molecule has 1 aromatic heterocycles. The fourth-order valence-corrected chi connectivity index (χ4v) is 3.53. The fraction of sp³-hybridized carbons (Fsp3) is 0.750. The molecule has 1 N–H and O–H groups in total. The van der Waals surface area contributed by atoms with Crippen molar-refractivity contribution in [1.82, 2.24) is 15.0 Å². The van der Waals surface area contributed by atoms with Gasteiger partial charge in [-0.3, -0.25) is 9.59 Å². The standard InChI is InChI=1S/C20H34N4O3/c1-4-6-9-17(5-2)20(26)24(13-12-23-10-7-8-11-23)15-19(25)21-18-14-16(3)27-22-18/h14,17H,4-13,15H2,1-3H3,(H,21,22,25)/t17-/m1/s1. The Bertz CT molecular complexity index is 596. The number of hydrogen-bond donors (Lipinski definition) is 1. The van der Waals surface area contributed by atoms with Crippen molar-refractivity contribution < 1.29 is 14.1 Å². The summed E-state index contributed by atoms with van der Waals surface area (Å²) in [5.41, 5.74) is 0. The number of amides is 2. The van der Waals surface area contributed by atoms with E-state index in [9.17, 15) is 9.59 Å². The molecule has 1 atom stereocenters. The van der Waals surface area contributed by atoms with E-state index in [-0.39, 0.29) is 24.3 Å². The summed E-state index contributed by atoms with van der Waals surface area (Å²) in [4.78, 5) is 29.6. The second-order valence-corrected chi connectivity index (χ2v) is 7.43. The molecule has 1 aliphatic rings. The van der Waals surface area contributed by atoms with Gasteiger partial charge in [0.05, 0.1) is 6.54 Å². The van der Waals surface area contributed by atoms with Gasteiger partial charge in [0.25, 0.3) is 0 Å². The molecule has 0 radical (unpaired) electrons. The van der Waals surface area contributed by atoms with E-state index in [0.29, 0.717) is 18.1 Å². The average molecular weight is 379 g/mol. The number of aryl methyl sites for hydroxylation is 1. The summed E-state index contributed by atoms with van der Waals surface area (Å²) in [6, 6.07) is 1.67. The van der Waals surface area contributed by atoms with E-state index in [4.69, 9.17) is 4.52 Å². The lowest BCUT2D eigenvalue weighted by atomic mass is 9.97. The molecule has 1 aromatic rings. The Morgan fingerprint density at radius 3 is 2.67 bits per heavy atom. The lowest BCUT2D eigenvalue weighted by Gasteiger charge is -2.28. The number of anilines is 1. The summed E-state index contributed by atoms with van der Waals surface area (Å²) < 4.78 is 4.98. The summed E-state index contributed by atoms with van der Waals surface area (Å²) in [7, 11) is 0. The third-order valence-electron chi connectivity index (χ3n) is 5.17. The van der Waals surface area contributed by atoms with Crippen molar-refractivity contribution in [3.63, 3.8) is 0 Å². The number of likely N-dealkylation sites (tertiary alicyclic amines) is 1. The first kappa shape index (κ1) is 21.4. The Balaban J connectivity index is 1.97. The van der Waals surface area contributed by atoms with Gasteiger partial charge in [-0.15, -0.1) is 0 Å². The second-order valence-electron chi connectivity index (χ2n) is 7.43. The number of hydrogen-bond acceptors (Lipinski definition) is 5. The van der Waals surface area contributed by atoms with E-state index in [1.807, 2.05) is 0 Å². The molecule has 0 aliphatic carbocycles. The van der Waals surface area contributed by atoms with Crippen molar-refractivity contribution in [3.05, 3.63) is 11.8 Å². The van der Waals surface area contributed by atoms with Gasteiger partial charge in [0, 0.05) is 25.1 Å². The maximum atomic E-state index is 13.1. The van der Waals surface area contributed by atoms with Crippen LogP contribution in [-0.2, 0) is 9.59 Å². The molecule has 152 valence electrons. The van der Waals surface area contributed by atoms with Crippen molar-refractivity contribution in [2.45, 2.75) is 59.3 Å². The summed E-state index contributed by atoms with van der Waals surface area (Å²) in [5.74, 6) is 0.881. The molecule has 7 nitrogen and oxygen atoms in total. The predicted molar refractivity (Wildman–Crippen MR) is 105 cm³/mol. The molecule has 0 unspecified atom stereocenters. The summed E-state index contributed by atoms with van der Waals surface area (Å²) >= 11 is 0.